The van der Waals surface area contributed by atoms with Crippen molar-refractivity contribution in [3.63, 3.8) is 0 Å². The molecule has 1 heterocycles. The molecule has 0 saturated carbocycles. The van der Waals surface area contributed by atoms with Gasteiger partial charge >= 0.3 is 0 Å². The van der Waals surface area contributed by atoms with Crippen molar-refractivity contribution in [1.82, 2.24) is 9.97 Å². The number of nitrogens with one attached hydrogen (secondary N) is 1. The first-order valence-electron chi connectivity index (χ1n) is 5.99. The topological polar surface area (TPSA) is 88.9 Å². The number of aromatic nitrogens is 2. The number of hydrogen-bond acceptors (Lipinski definition) is 4. The Bertz CT molecular complexity index is 921. The molecule has 0 amide bonds. The second-order valence-corrected chi connectivity index (χ2v) is 5.21. The fourth-order valence-electron chi connectivity index (χ4n) is 2.02. The van der Waals surface area contributed by atoms with Gasteiger partial charge in [-0.1, -0.05) is 28.1 Å². The smallest absolute Gasteiger partial charge is 0.270 e. The second kappa shape index (κ2) is 5.10. The Hall–Kier alpha value is -2.54. The van der Waals surface area contributed by atoms with Gasteiger partial charge in [-0.15, -0.1) is 0 Å². The summed E-state index contributed by atoms with van der Waals surface area (Å²) in [6.45, 7) is 0. The molecule has 0 radical (unpaired) electrons. The predicted octanol–water partition coefficient (Wildman–Crippen LogP) is 3.26. The Morgan fingerprint density at radius 1 is 1.19 bits per heavy atom. The Morgan fingerprint density at radius 3 is 2.71 bits per heavy atom. The van der Waals surface area contributed by atoms with Crippen LogP contribution in [0.4, 0.5) is 5.69 Å². The minimum Gasteiger partial charge on any atom is -0.306 e. The first-order valence-corrected chi connectivity index (χ1v) is 6.79. The number of hydrogen-bond donors (Lipinski definition) is 1. The molecular formula is C14H8BrN3O3. The molecule has 3 rings (SSSR count). The molecule has 0 fully saturated rings. The maximum atomic E-state index is 12.1. The number of nitro benzene ring substituents is 1. The summed E-state index contributed by atoms with van der Waals surface area (Å²) in [5.41, 5.74) is 0.653. The van der Waals surface area contributed by atoms with Crippen LogP contribution in [0.2, 0.25) is 0 Å². The fourth-order valence-corrected chi connectivity index (χ4v) is 2.46. The van der Waals surface area contributed by atoms with Gasteiger partial charge in [0.1, 0.15) is 5.82 Å². The van der Waals surface area contributed by atoms with Crippen LogP contribution < -0.4 is 5.56 Å². The summed E-state index contributed by atoms with van der Waals surface area (Å²) in [6, 6.07) is 11.2. The number of fused-ring (bicyclic) bond motifs is 1. The minimum atomic E-state index is -0.491. The van der Waals surface area contributed by atoms with Crippen molar-refractivity contribution in [2.45, 2.75) is 0 Å². The third kappa shape index (κ3) is 2.43. The van der Waals surface area contributed by atoms with Crippen LogP contribution >= 0.6 is 15.9 Å². The summed E-state index contributed by atoms with van der Waals surface area (Å²) < 4.78 is 0.617. The van der Waals surface area contributed by atoms with E-state index in [9.17, 15) is 14.9 Å². The van der Waals surface area contributed by atoms with E-state index < -0.39 is 4.92 Å². The van der Waals surface area contributed by atoms with Gasteiger partial charge in [-0.2, -0.15) is 0 Å². The van der Waals surface area contributed by atoms with E-state index in [1.54, 1.807) is 30.3 Å². The van der Waals surface area contributed by atoms with Crippen molar-refractivity contribution in [2.24, 2.45) is 0 Å². The molecule has 0 aliphatic heterocycles. The lowest BCUT2D eigenvalue weighted by Crippen LogP contribution is -2.09. The number of H-pyrrole nitrogens is 1. The molecule has 0 spiro atoms. The molecule has 0 bridgehead atoms. The van der Waals surface area contributed by atoms with Crippen molar-refractivity contribution in [3.05, 3.63) is 67.4 Å². The first kappa shape index (κ1) is 13.4. The van der Waals surface area contributed by atoms with Crippen LogP contribution in [0.3, 0.4) is 0 Å². The number of nitrogens with zero attached hydrogens (tertiary/aromatic N) is 2. The number of para-hydroxylation sites is 1. The molecular weight excluding hydrogens is 338 g/mol. The number of halogens is 1. The van der Waals surface area contributed by atoms with Gasteiger partial charge in [-0.25, -0.2) is 4.98 Å². The molecule has 2 aromatic carbocycles. The third-order valence-corrected chi connectivity index (χ3v) is 3.72. The molecule has 0 atom stereocenters. The van der Waals surface area contributed by atoms with E-state index in [0.29, 0.717) is 20.9 Å². The quantitative estimate of drug-likeness (QED) is 0.570. The second-order valence-electron chi connectivity index (χ2n) is 4.35. The molecule has 21 heavy (non-hydrogen) atoms. The van der Waals surface area contributed by atoms with Crippen molar-refractivity contribution in [1.29, 1.82) is 0 Å². The molecule has 6 nitrogen and oxygen atoms in total. The number of rotatable bonds is 2. The van der Waals surface area contributed by atoms with Crippen LogP contribution in [0.5, 0.6) is 0 Å². The molecule has 0 saturated heterocycles. The fraction of sp³-hybridized carbons (Fsp3) is 0. The summed E-state index contributed by atoms with van der Waals surface area (Å²) >= 11 is 3.32. The SMILES string of the molecule is O=c1[nH]c(-c2cc([N+](=O)[O-])ccc2Br)nc2ccccc12. The maximum Gasteiger partial charge on any atom is 0.270 e. The third-order valence-electron chi connectivity index (χ3n) is 3.03. The highest BCUT2D eigenvalue weighted by atomic mass is 79.9. The van der Waals surface area contributed by atoms with E-state index >= 15 is 0 Å². The van der Waals surface area contributed by atoms with Crippen LogP contribution in [0.15, 0.2) is 51.7 Å². The van der Waals surface area contributed by atoms with E-state index in [2.05, 4.69) is 25.9 Å². The normalized spacial score (nSPS) is 10.7. The van der Waals surface area contributed by atoms with Crippen molar-refractivity contribution in [3.8, 4) is 11.4 Å². The van der Waals surface area contributed by atoms with E-state index in [-0.39, 0.29) is 17.1 Å². The molecule has 1 aromatic heterocycles. The van der Waals surface area contributed by atoms with Crippen LogP contribution in [-0.4, -0.2) is 14.9 Å². The minimum absolute atomic E-state index is 0.0657. The average Bonchev–Trinajstić information content (AvgIpc) is 2.47. The largest absolute Gasteiger partial charge is 0.306 e. The summed E-state index contributed by atoms with van der Waals surface area (Å²) in [5, 5.41) is 11.3. The highest BCUT2D eigenvalue weighted by molar-refractivity contribution is 9.10. The van der Waals surface area contributed by atoms with Crippen LogP contribution in [-0.2, 0) is 0 Å². The van der Waals surface area contributed by atoms with Crippen LogP contribution in [0, 0.1) is 10.1 Å². The summed E-state index contributed by atoms with van der Waals surface area (Å²) in [6.07, 6.45) is 0. The van der Waals surface area contributed by atoms with E-state index in [1.165, 1.54) is 12.1 Å². The predicted molar refractivity (Wildman–Crippen MR) is 82.2 cm³/mol. The standard InChI is InChI=1S/C14H8BrN3O3/c15-11-6-5-8(18(20)21)7-10(11)13-16-12-4-2-1-3-9(12)14(19)17-13/h1-7H,(H,16,17,19). The molecule has 0 aliphatic rings. The summed E-state index contributed by atoms with van der Waals surface area (Å²) in [4.78, 5) is 29.5. The first-order chi connectivity index (χ1) is 10.1. The summed E-state index contributed by atoms with van der Waals surface area (Å²) in [5.74, 6) is 0.286. The summed E-state index contributed by atoms with van der Waals surface area (Å²) in [7, 11) is 0. The lowest BCUT2D eigenvalue weighted by Gasteiger charge is -2.05. The average molecular weight is 346 g/mol. The van der Waals surface area contributed by atoms with Gasteiger partial charge in [0.25, 0.3) is 11.2 Å². The van der Waals surface area contributed by atoms with Gasteiger partial charge in [0, 0.05) is 22.2 Å². The Morgan fingerprint density at radius 2 is 1.95 bits per heavy atom. The van der Waals surface area contributed by atoms with E-state index in [4.69, 9.17) is 0 Å². The number of non-ortho nitro benzene ring substituents is 1. The van der Waals surface area contributed by atoms with Crippen LogP contribution in [0.25, 0.3) is 22.3 Å². The number of nitro groups is 1. The zero-order valence-corrected chi connectivity index (χ0v) is 12.1. The highest BCUT2D eigenvalue weighted by Gasteiger charge is 2.14. The molecule has 0 unspecified atom stereocenters. The Labute approximate surface area is 126 Å². The molecule has 104 valence electrons. The Balaban J connectivity index is 2.28. The van der Waals surface area contributed by atoms with Crippen LogP contribution in [0.1, 0.15) is 0 Å². The lowest BCUT2D eigenvalue weighted by atomic mass is 10.1. The molecule has 0 aliphatic carbocycles. The van der Waals surface area contributed by atoms with E-state index in [0.717, 1.165) is 0 Å². The zero-order chi connectivity index (χ0) is 15.0. The highest BCUT2D eigenvalue weighted by Crippen LogP contribution is 2.29. The van der Waals surface area contributed by atoms with E-state index in [1.807, 2.05) is 0 Å². The van der Waals surface area contributed by atoms with Crippen molar-refractivity contribution >= 4 is 32.5 Å². The zero-order valence-electron chi connectivity index (χ0n) is 10.5. The van der Waals surface area contributed by atoms with Gasteiger partial charge in [-0.05, 0) is 18.2 Å². The Kier molecular flexibility index (Phi) is 3.26. The van der Waals surface area contributed by atoms with Crippen molar-refractivity contribution < 1.29 is 4.92 Å². The van der Waals surface area contributed by atoms with Gasteiger partial charge < -0.3 is 4.98 Å². The number of aromatic amines is 1. The molecule has 7 heteroatoms. The van der Waals surface area contributed by atoms with Gasteiger partial charge in [-0.3, -0.25) is 14.9 Å². The molecule has 1 N–H and O–H groups in total. The van der Waals surface area contributed by atoms with Gasteiger partial charge in [0.15, 0.2) is 0 Å². The van der Waals surface area contributed by atoms with Gasteiger partial charge in [0.05, 0.1) is 15.8 Å². The monoisotopic (exact) mass is 345 g/mol. The molecule has 3 aromatic rings. The van der Waals surface area contributed by atoms with Gasteiger partial charge in [0.2, 0.25) is 0 Å². The maximum absolute atomic E-state index is 12.1. The van der Waals surface area contributed by atoms with Crippen molar-refractivity contribution in [2.75, 3.05) is 0 Å². The lowest BCUT2D eigenvalue weighted by molar-refractivity contribution is -0.384. The number of benzene rings is 2.